The van der Waals surface area contributed by atoms with Crippen LogP contribution < -0.4 is 5.32 Å². The summed E-state index contributed by atoms with van der Waals surface area (Å²) in [6.45, 7) is 9.03. The van der Waals surface area contributed by atoms with Crippen molar-refractivity contribution in [2.45, 2.75) is 83.5 Å². The molecule has 2 aliphatic rings. The van der Waals surface area contributed by atoms with Crippen LogP contribution in [0.4, 0.5) is 0 Å². The van der Waals surface area contributed by atoms with Crippen molar-refractivity contribution in [2.75, 3.05) is 7.05 Å². The second kappa shape index (κ2) is 5.13. The van der Waals surface area contributed by atoms with Crippen LogP contribution in [0, 0.1) is 11.8 Å². The molecule has 0 bridgehead atoms. The highest BCUT2D eigenvalue weighted by molar-refractivity contribution is 5.01. The first kappa shape index (κ1) is 14.3. The molecule has 18 heavy (non-hydrogen) atoms. The molecule has 1 saturated heterocycles. The summed E-state index contributed by atoms with van der Waals surface area (Å²) in [5.74, 6) is 1.49. The Kier molecular flexibility index (Phi) is 4.08. The average molecular weight is 253 g/mol. The minimum absolute atomic E-state index is 0.00856. The number of rotatable bonds is 3. The van der Waals surface area contributed by atoms with Gasteiger partial charge in [0, 0.05) is 12.0 Å². The average Bonchev–Trinajstić information content (AvgIpc) is 2.50. The van der Waals surface area contributed by atoms with Gasteiger partial charge in [0.25, 0.3) is 0 Å². The van der Waals surface area contributed by atoms with Crippen molar-refractivity contribution >= 4 is 0 Å². The lowest BCUT2D eigenvalue weighted by molar-refractivity contribution is -0.0799. The first-order chi connectivity index (χ1) is 8.36. The van der Waals surface area contributed by atoms with Crippen LogP contribution in [-0.4, -0.2) is 24.3 Å². The molecule has 2 unspecified atom stereocenters. The standard InChI is InChI=1S/C16H31NO/c1-15(2)11-13(16(3,4)18-15)14(17-5)12-9-7-6-8-10-12/h12-14,17H,6-11H2,1-5H3. The lowest BCUT2D eigenvalue weighted by Crippen LogP contribution is -2.47. The Balaban J connectivity index is 2.11. The van der Waals surface area contributed by atoms with E-state index in [2.05, 4.69) is 40.1 Å². The van der Waals surface area contributed by atoms with Gasteiger partial charge < -0.3 is 10.1 Å². The molecule has 1 saturated carbocycles. The Labute approximate surface area is 113 Å². The van der Waals surface area contributed by atoms with E-state index in [-0.39, 0.29) is 11.2 Å². The van der Waals surface area contributed by atoms with E-state index < -0.39 is 0 Å². The van der Waals surface area contributed by atoms with Gasteiger partial charge in [-0.05, 0) is 59.9 Å². The summed E-state index contributed by atoms with van der Waals surface area (Å²) in [6.07, 6.45) is 8.25. The Morgan fingerprint density at radius 3 is 2.11 bits per heavy atom. The molecular weight excluding hydrogens is 222 g/mol. The molecule has 0 aromatic carbocycles. The summed E-state index contributed by atoms with van der Waals surface area (Å²) in [7, 11) is 2.14. The minimum Gasteiger partial charge on any atom is -0.369 e. The number of ether oxygens (including phenoxy) is 1. The van der Waals surface area contributed by atoms with E-state index in [0.29, 0.717) is 12.0 Å². The summed E-state index contributed by atoms with van der Waals surface area (Å²) in [5.41, 5.74) is 0.0482. The maximum absolute atomic E-state index is 6.28. The lowest BCUT2D eigenvalue weighted by atomic mass is 9.72. The Morgan fingerprint density at radius 2 is 1.67 bits per heavy atom. The molecule has 2 nitrogen and oxygen atoms in total. The number of nitrogens with one attached hydrogen (secondary N) is 1. The van der Waals surface area contributed by atoms with Gasteiger partial charge in [0.2, 0.25) is 0 Å². The third-order valence-corrected chi connectivity index (χ3v) is 5.07. The van der Waals surface area contributed by atoms with Gasteiger partial charge in [0.15, 0.2) is 0 Å². The molecule has 1 N–H and O–H groups in total. The fourth-order valence-corrected chi connectivity index (χ4v) is 4.42. The molecule has 2 rings (SSSR count). The Bertz CT molecular complexity index is 279. The van der Waals surface area contributed by atoms with Gasteiger partial charge in [-0.2, -0.15) is 0 Å². The summed E-state index contributed by atoms with van der Waals surface area (Å²) in [6, 6.07) is 0.627. The van der Waals surface area contributed by atoms with E-state index in [1.807, 2.05) is 0 Å². The van der Waals surface area contributed by atoms with Crippen molar-refractivity contribution in [1.29, 1.82) is 0 Å². The van der Waals surface area contributed by atoms with E-state index in [9.17, 15) is 0 Å². The molecule has 0 aromatic rings. The van der Waals surface area contributed by atoms with Crippen molar-refractivity contribution in [1.82, 2.24) is 5.32 Å². The van der Waals surface area contributed by atoms with Crippen LogP contribution in [0.2, 0.25) is 0 Å². The minimum atomic E-state index is 0.00856. The predicted molar refractivity (Wildman–Crippen MR) is 76.8 cm³/mol. The highest BCUT2D eigenvalue weighted by atomic mass is 16.5. The van der Waals surface area contributed by atoms with Crippen molar-refractivity contribution in [3.8, 4) is 0 Å². The fraction of sp³-hybridized carbons (Fsp3) is 1.00. The van der Waals surface area contributed by atoms with Crippen LogP contribution in [0.5, 0.6) is 0 Å². The fourth-order valence-electron chi connectivity index (χ4n) is 4.42. The quantitative estimate of drug-likeness (QED) is 0.827. The van der Waals surface area contributed by atoms with Crippen molar-refractivity contribution in [2.24, 2.45) is 11.8 Å². The molecule has 0 spiro atoms. The van der Waals surface area contributed by atoms with Crippen LogP contribution in [0.25, 0.3) is 0 Å². The summed E-state index contributed by atoms with van der Waals surface area (Å²) < 4.78 is 6.28. The van der Waals surface area contributed by atoms with Gasteiger partial charge in [-0.1, -0.05) is 19.3 Å². The van der Waals surface area contributed by atoms with Crippen LogP contribution >= 0.6 is 0 Å². The van der Waals surface area contributed by atoms with E-state index >= 15 is 0 Å². The van der Waals surface area contributed by atoms with E-state index in [1.54, 1.807) is 0 Å². The number of hydrogen-bond donors (Lipinski definition) is 1. The molecular formula is C16H31NO. The van der Waals surface area contributed by atoms with Gasteiger partial charge in [0.05, 0.1) is 11.2 Å². The first-order valence-corrected chi connectivity index (χ1v) is 7.73. The zero-order valence-corrected chi connectivity index (χ0v) is 12.9. The molecule has 1 heterocycles. The summed E-state index contributed by atoms with van der Waals surface area (Å²) in [5, 5.41) is 3.63. The maximum Gasteiger partial charge on any atom is 0.0677 e. The van der Waals surface area contributed by atoms with Crippen molar-refractivity contribution in [3.05, 3.63) is 0 Å². The van der Waals surface area contributed by atoms with Crippen molar-refractivity contribution < 1.29 is 4.74 Å². The summed E-state index contributed by atoms with van der Waals surface area (Å²) in [4.78, 5) is 0. The smallest absolute Gasteiger partial charge is 0.0677 e. The van der Waals surface area contributed by atoms with Crippen LogP contribution in [0.15, 0.2) is 0 Å². The topological polar surface area (TPSA) is 21.3 Å². The lowest BCUT2D eigenvalue weighted by Gasteiger charge is -2.39. The molecule has 1 aliphatic heterocycles. The van der Waals surface area contributed by atoms with E-state index in [0.717, 1.165) is 5.92 Å². The van der Waals surface area contributed by atoms with Crippen molar-refractivity contribution in [3.63, 3.8) is 0 Å². The number of hydrogen-bond acceptors (Lipinski definition) is 2. The third kappa shape index (κ3) is 2.91. The highest BCUT2D eigenvalue weighted by Gasteiger charge is 2.50. The van der Waals surface area contributed by atoms with Crippen LogP contribution in [0.3, 0.4) is 0 Å². The zero-order chi connectivity index (χ0) is 13.4. The predicted octanol–water partition coefficient (Wildman–Crippen LogP) is 3.75. The normalized spacial score (nSPS) is 33.5. The zero-order valence-electron chi connectivity index (χ0n) is 12.9. The molecule has 2 atom stereocenters. The molecule has 106 valence electrons. The largest absolute Gasteiger partial charge is 0.369 e. The molecule has 0 amide bonds. The third-order valence-electron chi connectivity index (χ3n) is 5.07. The van der Waals surface area contributed by atoms with Gasteiger partial charge in [-0.25, -0.2) is 0 Å². The van der Waals surface area contributed by atoms with Gasteiger partial charge in [-0.15, -0.1) is 0 Å². The van der Waals surface area contributed by atoms with Crippen LogP contribution in [-0.2, 0) is 4.74 Å². The van der Waals surface area contributed by atoms with Gasteiger partial charge >= 0.3 is 0 Å². The maximum atomic E-state index is 6.28. The SMILES string of the molecule is CNC(C1CCCCC1)C1CC(C)(C)OC1(C)C. The van der Waals surface area contributed by atoms with Gasteiger partial charge in [0.1, 0.15) is 0 Å². The van der Waals surface area contributed by atoms with Gasteiger partial charge in [-0.3, -0.25) is 0 Å². The summed E-state index contributed by atoms with van der Waals surface area (Å²) >= 11 is 0. The molecule has 0 radical (unpaired) electrons. The monoisotopic (exact) mass is 253 g/mol. The van der Waals surface area contributed by atoms with E-state index in [4.69, 9.17) is 4.74 Å². The highest BCUT2D eigenvalue weighted by Crippen LogP contribution is 2.46. The van der Waals surface area contributed by atoms with E-state index in [1.165, 1.54) is 38.5 Å². The molecule has 2 fully saturated rings. The second-order valence-corrected chi connectivity index (χ2v) is 7.49. The first-order valence-electron chi connectivity index (χ1n) is 7.73. The Hall–Kier alpha value is -0.0800. The molecule has 1 aliphatic carbocycles. The second-order valence-electron chi connectivity index (χ2n) is 7.49. The molecule has 0 aromatic heterocycles. The van der Waals surface area contributed by atoms with Crippen LogP contribution in [0.1, 0.15) is 66.2 Å². The Morgan fingerprint density at radius 1 is 1.06 bits per heavy atom. The molecule has 2 heteroatoms.